The van der Waals surface area contributed by atoms with Gasteiger partial charge in [-0.25, -0.2) is 0 Å². The van der Waals surface area contributed by atoms with E-state index in [-0.39, 0.29) is 5.91 Å². The first-order valence-electron chi connectivity index (χ1n) is 5.72. The molecule has 0 fully saturated rings. The number of thioether (sulfide) groups is 1. The van der Waals surface area contributed by atoms with Crippen LogP contribution in [-0.2, 0) is 0 Å². The van der Waals surface area contributed by atoms with Gasteiger partial charge in [-0.2, -0.15) is 0 Å². The topological polar surface area (TPSA) is 80.9 Å². The summed E-state index contributed by atoms with van der Waals surface area (Å²) in [4.78, 5) is 11.9. The molecule has 2 heterocycles. The van der Waals surface area contributed by atoms with Crippen molar-refractivity contribution >= 4 is 29.0 Å². The van der Waals surface area contributed by atoms with Crippen molar-refractivity contribution < 1.29 is 9.32 Å². The molecule has 0 aliphatic rings. The van der Waals surface area contributed by atoms with Crippen LogP contribution in [0.1, 0.15) is 26.8 Å². The van der Waals surface area contributed by atoms with E-state index < -0.39 is 0 Å². The van der Waals surface area contributed by atoms with Gasteiger partial charge >= 0.3 is 0 Å². The van der Waals surface area contributed by atoms with E-state index in [1.165, 1.54) is 0 Å². The molecule has 0 unspecified atom stereocenters. The van der Waals surface area contributed by atoms with Crippen LogP contribution in [0.5, 0.6) is 0 Å². The third kappa shape index (κ3) is 3.54. The number of hydrogen-bond acceptors (Lipinski definition) is 7. The zero-order valence-electron chi connectivity index (χ0n) is 10.9. The Balaban J connectivity index is 1.78. The zero-order valence-corrected chi connectivity index (χ0v) is 12.5. The first kappa shape index (κ1) is 14.0. The minimum Gasteiger partial charge on any atom is -0.361 e. The largest absolute Gasteiger partial charge is 0.361 e. The molecule has 0 aliphatic heterocycles. The number of amides is 1. The Hall–Kier alpha value is -1.41. The summed E-state index contributed by atoms with van der Waals surface area (Å²) >= 11 is 3.13. The van der Waals surface area contributed by atoms with E-state index in [2.05, 4.69) is 20.7 Å². The normalized spacial score (nSPS) is 10.7. The van der Waals surface area contributed by atoms with Gasteiger partial charge in [-0.15, -0.1) is 10.2 Å². The molecular weight excluding hydrogens is 284 g/mol. The average Bonchev–Trinajstić information content (AvgIpc) is 2.91. The standard InChI is InChI=1S/C11H14N4O2S2/c1-6-9(7(2)17-15-6)10(16)12-4-5-18-11-14-13-8(3)19-11/h4-5H2,1-3H3,(H,12,16). The van der Waals surface area contributed by atoms with E-state index in [1.807, 2.05) is 6.92 Å². The van der Waals surface area contributed by atoms with Crippen molar-refractivity contribution in [2.24, 2.45) is 0 Å². The lowest BCUT2D eigenvalue weighted by Gasteiger charge is -2.03. The van der Waals surface area contributed by atoms with Crippen LogP contribution in [0.25, 0.3) is 0 Å². The van der Waals surface area contributed by atoms with Gasteiger partial charge in [-0.3, -0.25) is 4.79 Å². The lowest BCUT2D eigenvalue weighted by Crippen LogP contribution is -2.26. The molecule has 0 saturated carbocycles. The Morgan fingerprint density at radius 3 is 2.74 bits per heavy atom. The monoisotopic (exact) mass is 298 g/mol. The summed E-state index contributed by atoms with van der Waals surface area (Å²) in [7, 11) is 0. The summed E-state index contributed by atoms with van der Waals surface area (Å²) in [5.41, 5.74) is 1.14. The van der Waals surface area contributed by atoms with Crippen molar-refractivity contribution in [2.45, 2.75) is 25.1 Å². The molecule has 0 atom stereocenters. The summed E-state index contributed by atoms with van der Waals surface area (Å²) in [5, 5.41) is 15.5. The Morgan fingerprint density at radius 1 is 1.37 bits per heavy atom. The number of rotatable bonds is 5. The van der Waals surface area contributed by atoms with E-state index in [4.69, 9.17) is 4.52 Å². The van der Waals surface area contributed by atoms with Crippen molar-refractivity contribution in [1.29, 1.82) is 0 Å². The summed E-state index contributed by atoms with van der Waals surface area (Å²) in [5.74, 6) is 1.15. The van der Waals surface area contributed by atoms with Gasteiger partial charge < -0.3 is 9.84 Å². The van der Waals surface area contributed by atoms with Crippen LogP contribution in [0.15, 0.2) is 8.86 Å². The SMILES string of the molecule is Cc1nnc(SCCNC(=O)c2c(C)noc2C)s1. The van der Waals surface area contributed by atoms with E-state index in [1.54, 1.807) is 36.9 Å². The van der Waals surface area contributed by atoms with E-state index in [9.17, 15) is 4.79 Å². The highest BCUT2D eigenvalue weighted by Crippen LogP contribution is 2.21. The predicted octanol–water partition coefficient (Wildman–Crippen LogP) is 1.97. The molecule has 0 aliphatic carbocycles. The van der Waals surface area contributed by atoms with E-state index in [0.29, 0.717) is 23.6 Å². The highest BCUT2D eigenvalue weighted by Gasteiger charge is 2.16. The smallest absolute Gasteiger partial charge is 0.256 e. The van der Waals surface area contributed by atoms with Crippen LogP contribution in [0, 0.1) is 20.8 Å². The Kier molecular flexibility index (Phi) is 4.54. The molecule has 0 aromatic carbocycles. The van der Waals surface area contributed by atoms with Crippen LogP contribution in [0.3, 0.4) is 0 Å². The van der Waals surface area contributed by atoms with E-state index >= 15 is 0 Å². The number of aromatic nitrogens is 3. The predicted molar refractivity (Wildman–Crippen MR) is 73.7 cm³/mol. The fourth-order valence-electron chi connectivity index (χ4n) is 1.54. The summed E-state index contributed by atoms with van der Waals surface area (Å²) in [6.07, 6.45) is 0. The molecule has 2 rings (SSSR count). The summed E-state index contributed by atoms with van der Waals surface area (Å²) in [6, 6.07) is 0. The van der Waals surface area contributed by atoms with Crippen LogP contribution < -0.4 is 5.32 Å². The molecule has 2 aromatic heterocycles. The van der Waals surface area contributed by atoms with Gasteiger partial charge in [-0.1, -0.05) is 28.3 Å². The van der Waals surface area contributed by atoms with Crippen molar-refractivity contribution in [3.05, 3.63) is 22.0 Å². The molecule has 6 nitrogen and oxygen atoms in total. The third-order valence-corrected chi connectivity index (χ3v) is 4.35. The fraction of sp³-hybridized carbons (Fsp3) is 0.455. The molecular formula is C11H14N4O2S2. The second kappa shape index (κ2) is 6.16. The van der Waals surface area contributed by atoms with Gasteiger partial charge in [0, 0.05) is 12.3 Å². The number of hydrogen-bond donors (Lipinski definition) is 1. The second-order valence-corrected chi connectivity index (χ2v) is 6.41. The lowest BCUT2D eigenvalue weighted by molar-refractivity contribution is 0.0954. The van der Waals surface area contributed by atoms with Crippen LogP contribution in [0.4, 0.5) is 0 Å². The quantitative estimate of drug-likeness (QED) is 0.671. The van der Waals surface area contributed by atoms with Gasteiger partial charge in [0.25, 0.3) is 5.91 Å². The first-order chi connectivity index (χ1) is 9.08. The van der Waals surface area contributed by atoms with Gasteiger partial charge in [0.2, 0.25) is 0 Å². The maximum atomic E-state index is 11.9. The minimum absolute atomic E-state index is 0.148. The molecule has 2 aromatic rings. The lowest BCUT2D eigenvalue weighted by atomic mass is 10.2. The highest BCUT2D eigenvalue weighted by molar-refractivity contribution is 8.01. The van der Waals surface area contributed by atoms with Gasteiger partial charge in [-0.05, 0) is 20.8 Å². The molecule has 19 heavy (non-hydrogen) atoms. The van der Waals surface area contributed by atoms with E-state index in [0.717, 1.165) is 15.1 Å². The summed E-state index contributed by atoms with van der Waals surface area (Å²) < 4.78 is 5.88. The summed E-state index contributed by atoms with van der Waals surface area (Å²) in [6.45, 7) is 5.96. The molecule has 8 heteroatoms. The molecule has 1 N–H and O–H groups in total. The first-order valence-corrected chi connectivity index (χ1v) is 7.52. The van der Waals surface area contributed by atoms with Crippen LogP contribution in [0.2, 0.25) is 0 Å². The molecule has 102 valence electrons. The second-order valence-electron chi connectivity index (χ2n) is 3.89. The molecule has 1 amide bonds. The van der Waals surface area contributed by atoms with Gasteiger partial charge in [0.15, 0.2) is 4.34 Å². The number of nitrogens with zero attached hydrogens (tertiary/aromatic N) is 3. The number of nitrogens with one attached hydrogen (secondary N) is 1. The highest BCUT2D eigenvalue weighted by atomic mass is 32.2. The number of carbonyl (C=O) groups excluding carboxylic acids is 1. The maximum absolute atomic E-state index is 11.9. The number of carbonyl (C=O) groups is 1. The van der Waals surface area contributed by atoms with Crippen molar-refractivity contribution in [1.82, 2.24) is 20.7 Å². The number of aryl methyl sites for hydroxylation is 3. The zero-order chi connectivity index (χ0) is 13.8. The molecule has 0 radical (unpaired) electrons. The van der Waals surface area contributed by atoms with Crippen molar-refractivity contribution in [2.75, 3.05) is 12.3 Å². The average molecular weight is 298 g/mol. The maximum Gasteiger partial charge on any atom is 0.256 e. The fourth-order valence-corrected chi connectivity index (χ4v) is 3.28. The van der Waals surface area contributed by atoms with Gasteiger partial charge in [0.05, 0.1) is 5.69 Å². The Labute approximate surface area is 119 Å². The molecule has 0 saturated heterocycles. The molecule has 0 bridgehead atoms. The van der Waals surface area contributed by atoms with Crippen LogP contribution >= 0.6 is 23.1 Å². The van der Waals surface area contributed by atoms with Crippen molar-refractivity contribution in [3.63, 3.8) is 0 Å². The Morgan fingerprint density at radius 2 is 2.16 bits per heavy atom. The Bertz CT molecular complexity index is 560. The van der Waals surface area contributed by atoms with Crippen molar-refractivity contribution in [3.8, 4) is 0 Å². The minimum atomic E-state index is -0.148. The van der Waals surface area contributed by atoms with Gasteiger partial charge in [0.1, 0.15) is 16.3 Å². The third-order valence-electron chi connectivity index (χ3n) is 2.38. The molecule has 0 spiro atoms. The van der Waals surface area contributed by atoms with Crippen LogP contribution in [-0.4, -0.2) is 33.6 Å².